The number of amides is 3. The fraction of sp³-hybridized carbons (Fsp3) is 0.812. The van der Waals surface area contributed by atoms with Crippen LogP contribution in [0.15, 0.2) is 0 Å². The monoisotopic (exact) mass is 292 g/mol. The number of hydrogen-bond donors (Lipinski definition) is 1. The molecule has 0 radical (unpaired) electrons. The molecular weight excluding hydrogens is 268 g/mol. The van der Waals surface area contributed by atoms with Crippen molar-refractivity contribution in [2.75, 3.05) is 6.54 Å². The Morgan fingerprint density at radius 1 is 1.14 bits per heavy atom. The molecule has 3 atom stereocenters. The number of hydrogen-bond acceptors (Lipinski definition) is 3. The van der Waals surface area contributed by atoms with Gasteiger partial charge in [0, 0.05) is 19.0 Å². The quantitative estimate of drug-likeness (QED) is 0.780. The predicted molar refractivity (Wildman–Crippen MR) is 77.1 cm³/mol. The van der Waals surface area contributed by atoms with Crippen molar-refractivity contribution in [1.82, 2.24) is 10.2 Å². The maximum Gasteiger partial charge on any atom is 0.233 e. The minimum Gasteiger partial charge on any atom is -0.353 e. The van der Waals surface area contributed by atoms with Gasteiger partial charge in [-0.15, -0.1) is 0 Å². The summed E-state index contributed by atoms with van der Waals surface area (Å²) < 4.78 is 0. The molecule has 5 heteroatoms. The predicted octanol–water partition coefficient (Wildman–Crippen LogP) is 1.47. The number of imide groups is 1. The Labute approximate surface area is 125 Å². The van der Waals surface area contributed by atoms with E-state index in [1.165, 1.54) is 17.7 Å². The Balaban J connectivity index is 1.51. The van der Waals surface area contributed by atoms with Gasteiger partial charge < -0.3 is 5.32 Å². The molecule has 1 N–H and O–H groups in total. The van der Waals surface area contributed by atoms with Crippen molar-refractivity contribution in [1.29, 1.82) is 0 Å². The third-order valence-corrected chi connectivity index (χ3v) is 5.21. The van der Waals surface area contributed by atoms with Gasteiger partial charge in [-0.1, -0.05) is 12.8 Å². The van der Waals surface area contributed by atoms with Crippen molar-refractivity contribution in [2.45, 2.75) is 57.9 Å². The molecule has 116 valence electrons. The molecule has 0 unspecified atom stereocenters. The van der Waals surface area contributed by atoms with Crippen LogP contribution >= 0.6 is 0 Å². The van der Waals surface area contributed by atoms with Crippen LogP contribution in [0.25, 0.3) is 0 Å². The van der Waals surface area contributed by atoms with Crippen molar-refractivity contribution in [3.8, 4) is 0 Å². The van der Waals surface area contributed by atoms with Gasteiger partial charge in [0.2, 0.25) is 17.7 Å². The Morgan fingerprint density at radius 2 is 1.71 bits per heavy atom. The van der Waals surface area contributed by atoms with Crippen molar-refractivity contribution < 1.29 is 14.4 Å². The zero-order chi connectivity index (χ0) is 15.0. The summed E-state index contributed by atoms with van der Waals surface area (Å²) in [6, 6.07) is 0.213. The van der Waals surface area contributed by atoms with Crippen LogP contribution in [0.3, 0.4) is 0 Å². The lowest BCUT2D eigenvalue weighted by Crippen LogP contribution is -2.38. The first-order valence-electron chi connectivity index (χ1n) is 8.22. The molecule has 21 heavy (non-hydrogen) atoms. The third kappa shape index (κ3) is 2.97. The fourth-order valence-electron chi connectivity index (χ4n) is 3.70. The number of likely N-dealkylation sites (tertiary alicyclic amines) is 1. The number of carbonyl (C=O) groups excluding carboxylic acids is 3. The standard InChI is InChI=1S/C16H24N2O3/c1-10(11-6-7-11)17-14(19)8-9-18-15(20)12-4-2-3-5-13(12)16(18)21/h10-13H,2-9H2,1H3,(H,17,19)/t10-,12-,13+/m0/s1. The number of rotatable bonds is 5. The Kier molecular flexibility index (Phi) is 4.00. The molecule has 0 spiro atoms. The van der Waals surface area contributed by atoms with Crippen LogP contribution in [0.2, 0.25) is 0 Å². The van der Waals surface area contributed by atoms with E-state index in [9.17, 15) is 14.4 Å². The van der Waals surface area contributed by atoms with E-state index in [0.29, 0.717) is 5.92 Å². The van der Waals surface area contributed by atoms with Crippen LogP contribution in [0.4, 0.5) is 0 Å². The van der Waals surface area contributed by atoms with Gasteiger partial charge in [0.1, 0.15) is 0 Å². The highest BCUT2D eigenvalue weighted by Gasteiger charge is 2.47. The second-order valence-corrected chi connectivity index (χ2v) is 6.77. The molecule has 1 saturated heterocycles. The van der Waals surface area contributed by atoms with Crippen molar-refractivity contribution >= 4 is 17.7 Å². The zero-order valence-corrected chi connectivity index (χ0v) is 12.6. The zero-order valence-electron chi connectivity index (χ0n) is 12.6. The molecular formula is C16H24N2O3. The molecule has 0 aromatic carbocycles. The van der Waals surface area contributed by atoms with Crippen molar-refractivity contribution in [3.05, 3.63) is 0 Å². The summed E-state index contributed by atoms with van der Waals surface area (Å²) in [7, 11) is 0. The van der Waals surface area contributed by atoms with Crippen molar-refractivity contribution in [3.63, 3.8) is 0 Å². The first-order chi connectivity index (χ1) is 10.1. The van der Waals surface area contributed by atoms with E-state index in [1.54, 1.807) is 0 Å². The molecule has 1 aliphatic heterocycles. The van der Waals surface area contributed by atoms with E-state index < -0.39 is 0 Å². The largest absolute Gasteiger partial charge is 0.353 e. The first-order valence-corrected chi connectivity index (χ1v) is 8.22. The van der Waals surface area contributed by atoms with E-state index in [4.69, 9.17) is 0 Å². The van der Waals surface area contributed by atoms with Crippen LogP contribution in [-0.4, -0.2) is 35.2 Å². The molecule has 3 amide bonds. The maximum absolute atomic E-state index is 12.3. The van der Waals surface area contributed by atoms with Crippen LogP contribution in [0, 0.1) is 17.8 Å². The van der Waals surface area contributed by atoms with Gasteiger partial charge in [-0.25, -0.2) is 0 Å². The Hall–Kier alpha value is -1.39. The molecule has 3 fully saturated rings. The normalized spacial score (nSPS) is 30.2. The fourth-order valence-corrected chi connectivity index (χ4v) is 3.70. The third-order valence-electron chi connectivity index (χ3n) is 5.21. The van der Waals surface area contributed by atoms with E-state index >= 15 is 0 Å². The lowest BCUT2D eigenvalue weighted by molar-refractivity contribution is -0.140. The molecule has 2 saturated carbocycles. The first kappa shape index (κ1) is 14.5. The second-order valence-electron chi connectivity index (χ2n) is 6.77. The molecule has 3 rings (SSSR count). The average molecular weight is 292 g/mol. The SMILES string of the molecule is C[C@H](NC(=O)CCN1C(=O)[C@H]2CCCC[C@H]2C1=O)C1CC1. The van der Waals surface area contributed by atoms with Crippen LogP contribution in [0.5, 0.6) is 0 Å². The average Bonchev–Trinajstić information content (AvgIpc) is 3.28. The summed E-state index contributed by atoms with van der Waals surface area (Å²) >= 11 is 0. The van der Waals surface area contributed by atoms with Crippen LogP contribution < -0.4 is 5.32 Å². The van der Waals surface area contributed by atoms with Gasteiger partial charge >= 0.3 is 0 Å². The van der Waals surface area contributed by atoms with E-state index in [0.717, 1.165) is 25.7 Å². The van der Waals surface area contributed by atoms with Crippen LogP contribution in [0.1, 0.15) is 51.9 Å². The molecule has 5 nitrogen and oxygen atoms in total. The number of fused-ring (bicyclic) bond motifs is 1. The molecule has 0 aromatic heterocycles. The molecule has 1 heterocycles. The highest BCUT2D eigenvalue weighted by molar-refractivity contribution is 6.05. The van der Waals surface area contributed by atoms with Crippen LogP contribution in [-0.2, 0) is 14.4 Å². The van der Waals surface area contributed by atoms with Gasteiger partial charge in [-0.3, -0.25) is 19.3 Å². The minimum absolute atomic E-state index is 0.0484. The smallest absolute Gasteiger partial charge is 0.233 e. The van der Waals surface area contributed by atoms with Gasteiger partial charge in [-0.2, -0.15) is 0 Å². The molecule has 3 aliphatic rings. The summed E-state index contributed by atoms with van der Waals surface area (Å²) in [6.45, 7) is 2.27. The summed E-state index contributed by atoms with van der Waals surface area (Å²) in [4.78, 5) is 37.8. The van der Waals surface area contributed by atoms with E-state index in [-0.39, 0.29) is 48.6 Å². The maximum atomic E-state index is 12.3. The Bertz CT molecular complexity index is 434. The lowest BCUT2D eigenvalue weighted by atomic mass is 9.81. The van der Waals surface area contributed by atoms with E-state index in [2.05, 4.69) is 5.32 Å². The van der Waals surface area contributed by atoms with E-state index in [1.807, 2.05) is 6.92 Å². The topological polar surface area (TPSA) is 66.5 Å². The van der Waals surface area contributed by atoms with Gasteiger partial charge in [0.15, 0.2) is 0 Å². The van der Waals surface area contributed by atoms with Gasteiger partial charge in [0.05, 0.1) is 11.8 Å². The highest BCUT2D eigenvalue weighted by atomic mass is 16.2. The summed E-state index contributed by atoms with van der Waals surface area (Å²) in [6.07, 6.45) is 6.34. The summed E-state index contributed by atoms with van der Waals surface area (Å²) in [5.41, 5.74) is 0. The summed E-state index contributed by atoms with van der Waals surface area (Å²) in [5.74, 6) is 0.247. The number of nitrogens with one attached hydrogen (secondary N) is 1. The molecule has 0 aromatic rings. The summed E-state index contributed by atoms with van der Waals surface area (Å²) in [5, 5.41) is 2.97. The number of nitrogens with zero attached hydrogens (tertiary/aromatic N) is 1. The second kappa shape index (κ2) is 5.78. The lowest BCUT2D eigenvalue weighted by Gasteiger charge is -2.19. The van der Waals surface area contributed by atoms with Gasteiger partial charge in [0.25, 0.3) is 0 Å². The highest BCUT2D eigenvalue weighted by Crippen LogP contribution is 2.38. The molecule has 2 aliphatic carbocycles. The Morgan fingerprint density at radius 3 is 2.24 bits per heavy atom. The minimum atomic E-state index is -0.111. The molecule has 0 bridgehead atoms. The number of carbonyl (C=O) groups is 3. The van der Waals surface area contributed by atoms with Crippen molar-refractivity contribution in [2.24, 2.45) is 17.8 Å². The van der Waals surface area contributed by atoms with Gasteiger partial charge in [-0.05, 0) is 38.5 Å².